The molecule has 0 atom stereocenters. The topological polar surface area (TPSA) is 86.5 Å². The molecule has 3 aromatic rings. The highest BCUT2D eigenvalue weighted by Gasteiger charge is 2.11. The Morgan fingerprint density at radius 3 is 2.70 bits per heavy atom. The SMILES string of the molecule is COc1ccc(OC)c(-c2ccc(SCC(=O)NCc3ccco3)nn2)c1. The van der Waals surface area contributed by atoms with Crippen LogP contribution in [0.15, 0.2) is 58.2 Å². The molecule has 0 spiro atoms. The lowest BCUT2D eigenvalue weighted by molar-refractivity contribution is -0.118. The van der Waals surface area contributed by atoms with E-state index in [1.807, 2.05) is 36.4 Å². The van der Waals surface area contributed by atoms with Crippen molar-refractivity contribution in [3.63, 3.8) is 0 Å². The Hall–Kier alpha value is -3.00. The van der Waals surface area contributed by atoms with Crippen LogP contribution in [-0.4, -0.2) is 36.1 Å². The first kappa shape index (κ1) is 18.8. The lowest BCUT2D eigenvalue weighted by Crippen LogP contribution is -2.24. The first-order valence-electron chi connectivity index (χ1n) is 8.17. The molecule has 0 fully saturated rings. The minimum absolute atomic E-state index is 0.100. The normalized spacial score (nSPS) is 10.4. The molecule has 0 saturated heterocycles. The zero-order valence-corrected chi connectivity index (χ0v) is 15.8. The van der Waals surface area contributed by atoms with Gasteiger partial charge in [-0.05, 0) is 42.5 Å². The molecule has 1 N–H and O–H groups in total. The molecule has 0 radical (unpaired) electrons. The van der Waals surface area contributed by atoms with Crippen LogP contribution in [0, 0.1) is 0 Å². The van der Waals surface area contributed by atoms with Gasteiger partial charge in [0.05, 0.1) is 38.5 Å². The molecule has 3 rings (SSSR count). The fourth-order valence-electron chi connectivity index (χ4n) is 2.34. The van der Waals surface area contributed by atoms with E-state index in [2.05, 4.69) is 15.5 Å². The van der Waals surface area contributed by atoms with Gasteiger partial charge in [0.2, 0.25) is 5.91 Å². The molecule has 7 nitrogen and oxygen atoms in total. The highest BCUT2D eigenvalue weighted by atomic mass is 32.2. The number of nitrogens with zero attached hydrogens (tertiary/aromatic N) is 2. The number of rotatable bonds is 8. The van der Waals surface area contributed by atoms with Gasteiger partial charge in [-0.15, -0.1) is 10.2 Å². The number of thioether (sulfide) groups is 1. The van der Waals surface area contributed by atoms with Crippen molar-refractivity contribution >= 4 is 17.7 Å². The molecule has 2 heterocycles. The molecule has 8 heteroatoms. The first-order valence-corrected chi connectivity index (χ1v) is 9.16. The smallest absolute Gasteiger partial charge is 0.230 e. The number of aromatic nitrogens is 2. The van der Waals surface area contributed by atoms with Crippen LogP contribution in [-0.2, 0) is 11.3 Å². The maximum absolute atomic E-state index is 11.9. The Kier molecular flexibility index (Phi) is 6.32. The number of methoxy groups -OCH3 is 2. The maximum Gasteiger partial charge on any atom is 0.230 e. The van der Waals surface area contributed by atoms with Crippen LogP contribution < -0.4 is 14.8 Å². The molecule has 0 aliphatic rings. The van der Waals surface area contributed by atoms with Crippen LogP contribution in [0.5, 0.6) is 11.5 Å². The van der Waals surface area contributed by atoms with Gasteiger partial charge in [-0.25, -0.2) is 0 Å². The van der Waals surface area contributed by atoms with Crippen LogP contribution in [0.25, 0.3) is 11.3 Å². The van der Waals surface area contributed by atoms with Gasteiger partial charge < -0.3 is 19.2 Å². The van der Waals surface area contributed by atoms with E-state index in [0.717, 1.165) is 5.56 Å². The van der Waals surface area contributed by atoms with E-state index in [0.29, 0.717) is 34.5 Å². The second kappa shape index (κ2) is 9.09. The summed E-state index contributed by atoms with van der Waals surface area (Å²) in [5.41, 5.74) is 1.45. The number of ether oxygens (including phenoxy) is 2. The number of furan rings is 1. The summed E-state index contributed by atoms with van der Waals surface area (Å²) in [5.74, 6) is 2.25. The van der Waals surface area contributed by atoms with Gasteiger partial charge in [-0.2, -0.15) is 0 Å². The summed E-state index contributed by atoms with van der Waals surface area (Å²) in [5, 5.41) is 11.9. The Balaban J connectivity index is 1.59. The largest absolute Gasteiger partial charge is 0.497 e. The monoisotopic (exact) mass is 385 g/mol. The summed E-state index contributed by atoms with van der Waals surface area (Å²) in [6.45, 7) is 0.368. The molecule has 1 amide bonds. The average molecular weight is 385 g/mol. The second-order valence-electron chi connectivity index (χ2n) is 5.47. The quantitative estimate of drug-likeness (QED) is 0.596. The van der Waals surface area contributed by atoms with Crippen molar-refractivity contribution in [2.24, 2.45) is 0 Å². The molecule has 1 aromatic carbocycles. The molecule has 0 bridgehead atoms. The summed E-state index contributed by atoms with van der Waals surface area (Å²) >= 11 is 1.32. The Bertz CT molecular complexity index is 882. The number of carbonyl (C=O) groups is 1. The Morgan fingerprint density at radius 2 is 2.04 bits per heavy atom. The molecule has 0 unspecified atom stereocenters. The number of benzene rings is 1. The summed E-state index contributed by atoms with van der Waals surface area (Å²) in [6, 6.07) is 12.7. The summed E-state index contributed by atoms with van der Waals surface area (Å²) in [4.78, 5) is 11.9. The molecular formula is C19H19N3O4S. The number of carbonyl (C=O) groups excluding carboxylic acids is 1. The average Bonchev–Trinajstić information content (AvgIpc) is 3.24. The van der Waals surface area contributed by atoms with Crippen molar-refractivity contribution in [1.82, 2.24) is 15.5 Å². The van der Waals surface area contributed by atoms with Crippen molar-refractivity contribution in [1.29, 1.82) is 0 Å². The van der Waals surface area contributed by atoms with Gasteiger partial charge in [-0.1, -0.05) is 11.8 Å². The van der Waals surface area contributed by atoms with E-state index in [-0.39, 0.29) is 11.7 Å². The van der Waals surface area contributed by atoms with E-state index in [1.165, 1.54) is 11.8 Å². The van der Waals surface area contributed by atoms with Gasteiger partial charge in [0, 0.05) is 5.56 Å². The van der Waals surface area contributed by atoms with Crippen LogP contribution >= 0.6 is 11.8 Å². The third-order valence-electron chi connectivity index (χ3n) is 3.71. The van der Waals surface area contributed by atoms with Crippen molar-refractivity contribution in [2.45, 2.75) is 11.6 Å². The van der Waals surface area contributed by atoms with E-state index in [4.69, 9.17) is 13.9 Å². The van der Waals surface area contributed by atoms with Gasteiger partial charge in [0.25, 0.3) is 0 Å². The van der Waals surface area contributed by atoms with Gasteiger partial charge in [0.1, 0.15) is 22.3 Å². The van der Waals surface area contributed by atoms with Crippen LogP contribution in [0.2, 0.25) is 0 Å². The number of amides is 1. The van der Waals surface area contributed by atoms with E-state index < -0.39 is 0 Å². The predicted octanol–water partition coefficient (Wildman–Crippen LogP) is 3.16. The highest BCUT2D eigenvalue weighted by molar-refractivity contribution is 7.99. The number of nitrogens with one attached hydrogen (secondary N) is 1. The summed E-state index contributed by atoms with van der Waals surface area (Å²) in [6.07, 6.45) is 1.57. The molecule has 0 aliphatic carbocycles. The van der Waals surface area contributed by atoms with Gasteiger partial charge >= 0.3 is 0 Å². The fourth-order valence-corrected chi connectivity index (χ4v) is 2.99. The number of hydrogen-bond donors (Lipinski definition) is 1. The molecule has 2 aromatic heterocycles. The molecular weight excluding hydrogens is 366 g/mol. The Labute approximate surface area is 161 Å². The van der Waals surface area contributed by atoms with Crippen molar-refractivity contribution in [3.05, 3.63) is 54.5 Å². The fraction of sp³-hybridized carbons (Fsp3) is 0.211. The Morgan fingerprint density at radius 1 is 1.15 bits per heavy atom. The second-order valence-corrected chi connectivity index (χ2v) is 6.46. The molecule has 0 saturated carbocycles. The van der Waals surface area contributed by atoms with Crippen molar-refractivity contribution in [2.75, 3.05) is 20.0 Å². The first-order chi connectivity index (χ1) is 13.2. The third-order valence-corrected chi connectivity index (χ3v) is 4.63. The molecule has 0 aliphatic heterocycles. The summed E-state index contributed by atoms with van der Waals surface area (Å²) < 4.78 is 15.8. The van der Waals surface area contributed by atoms with Gasteiger partial charge in [-0.3, -0.25) is 4.79 Å². The maximum atomic E-state index is 11.9. The highest BCUT2D eigenvalue weighted by Crippen LogP contribution is 2.32. The minimum Gasteiger partial charge on any atom is -0.497 e. The lowest BCUT2D eigenvalue weighted by Gasteiger charge is -2.10. The van der Waals surface area contributed by atoms with E-state index >= 15 is 0 Å². The molecule has 27 heavy (non-hydrogen) atoms. The van der Waals surface area contributed by atoms with Crippen LogP contribution in [0.4, 0.5) is 0 Å². The standard InChI is InChI=1S/C19H19N3O4S/c1-24-13-5-7-17(25-2)15(10-13)16-6-8-19(22-21-16)27-12-18(23)20-11-14-4-3-9-26-14/h3-10H,11-12H2,1-2H3,(H,20,23). The van der Waals surface area contributed by atoms with Crippen LogP contribution in [0.1, 0.15) is 5.76 Å². The summed E-state index contributed by atoms with van der Waals surface area (Å²) in [7, 11) is 3.21. The van der Waals surface area contributed by atoms with E-state index in [1.54, 1.807) is 26.5 Å². The van der Waals surface area contributed by atoms with Crippen molar-refractivity contribution in [3.8, 4) is 22.8 Å². The van der Waals surface area contributed by atoms with Crippen LogP contribution in [0.3, 0.4) is 0 Å². The lowest BCUT2D eigenvalue weighted by atomic mass is 10.1. The zero-order chi connectivity index (χ0) is 19.1. The number of hydrogen-bond acceptors (Lipinski definition) is 7. The van der Waals surface area contributed by atoms with Crippen molar-refractivity contribution < 1.29 is 18.7 Å². The molecule has 140 valence electrons. The minimum atomic E-state index is -0.100. The predicted molar refractivity (Wildman–Crippen MR) is 102 cm³/mol. The van der Waals surface area contributed by atoms with Gasteiger partial charge in [0.15, 0.2) is 0 Å². The van der Waals surface area contributed by atoms with E-state index in [9.17, 15) is 4.79 Å². The zero-order valence-electron chi connectivity index (χ0n) is 15.0. The third kappa shape index (κ3) is 5.01.